The average Bonchev–Trinajstić information content (AvgIpc) is 3.32. The van der Waals surface area contributed by atoms with Gasteiger partial charge in [-0.2, -0.15) is 0 Å². The van der Waals surface area contributed by atoms with E-state index in [0.717, 1.165) is 28.1 Å². The summed E-state index contributed by atoms with van der Waals surface area (Å²) in [4.78, 5) is 42.9. The Morgan fingerprint density at radius 2 is 1.40 bits per heavy atom. The lowest BCUT2D eigenvalue weighted by atomic mass is 10.0. The normalized spacial score (nSPS) is 15.9. The van der Waals surface area contributed by atoms with Crippen LogP contribution in [0, 0.1) is 0 Å². The van der Waals surface area contributed by atoms with Crippen LogP contribution in [-0.2, 0) is 17.6 Å². The molecule has 2 heterocycles. The Labute approximate surface area is 174 Å². The quantitative estimate of drug-likeness (QED) is 0.635. The van der Waals surface area contributed by atoms with Crippen LogP contribution in [0.5, 0.6) is 0 Å². The van der Waals surface area contributed by atoms with Gasteiger partial charge in [-0.1, -0.05) is 60.7 Å². The number of anilines is 1. The molecule has 2 aliphatic rings. The fourth-order valence-electron chi connectivity index (χ4n) is 4.36. The van der Waals surface area contributed by atoms with Crippen LogP contribution in [0.3, 0.4) is 0 Å². The van der Waals surface area contributed by atoms with Crippen molar-refractivity contribution in [1.82, 2.24) is 4.90 Å². The lowest BCUT2D eigenvalue weighted by Gasteiger charge is -2.29. The molecule has 0 N–H and O–H groups in total. The first-order chi connectivity index (χ1) is 14.6. The van der Waals surface area contributed by atoms with Gasteiger partial charge in [0, 0.05) is 18.7 Å². The molecule has 5 rings (SSSR count). The number of hydrogen-bond donors (Lipinski definition) is 0. The molecule has 3 aromatic rings. The Bertz CT molecular complexity index is 1120. The van der Waals surface area contributed by atoms with E-state index in [1.165, 1.54) is 0 Å². The van der Waals surface area contributed by atoms with E-state index in [1.54, 1.807) is 29.2 Å². The van der Waals surface area contributed by atoms with Crippen molar-refractivity contribution in [1.29, 1.82) is 0 Å². The van der Waals surface area contributed by atoms with E-state index in [4.69, 9.17) is 0 Å². The van der Waals surface area contributed by atoms with Gasteiger partial charge >= 0.3 is 0 Å². The molecule has 0 fully saturated rings. The zero-order valence-corrected chi connectivity index (χ0v) is 16.3. The van der Waals surface area contributed by atoms with Gasteiger partial charge in [0.15, 0.2) is 0 Å². The highest BCUT2D eigenvalue weighted by atomic mass is 16.2. The van der Waals surface area contributed by atoms with Crippen molar-refractivity contribution in [3.05, 3.63) is 101 Å². The molecule has 0 radical (unpaired) electrons. The largest absolute Gasteiger partial charge is 0.310 e. The summed E-state index contributed by atoms with van der Waals surface area (Å²) in [6, 6.07) is 23.2. The number of carbonyl (C=O) groups excluding carboxylic acids is 3. The van der Waals surface area contributed by atoms with Crippen LogP contribution in [0.1, 0.15) is 31.8 Å². The molecule has 2 aliphatic heterocycles. The molecule has 0 saturated carbocycles. The van der Waals surface area contributed by atoms with Crippen molar-refractivity contribution in [2.45, 2.75) is 18.9 Å². The molecule has 0 unspecified atom stereocenters. The summed E-state index contributed by atoms with van der Waals surface area (Å²) in [7, 11) is 0. The third-order valence-electron chi connectivity index (χ3n) is 5.85. The van der Waals surface area contributed by atoms with Gasteiger partial charge in [0.1, 0.15) is 6.04 Å². The number of amides is 3. The van der Waals surface area contributed by atoms with Crippen LogP contribution >= 0.6 is 0 Å². The minimum atomic E-state index is -0.897. The van der Waals surface area contributed by atoms with E-state index in [9.17, 15) is 14.4 Å². The van der Waals surface area contributed by atoms with E-state index >= 15 is 0 Å². The number of benzene rings is 3. The van der Waals surface area contributed by atoms with Crippen molar-refractivity contribution in [2.75, 3.05) is 11.4 Å². The summed E-state index contributed by atoms with van der Waals surface area (Å²) < 4.78 is 0. The van der Waals surface area contributed by atoms with E-state index in [1.807, 2.05) is 54.6 Å². The number of hydrogen-bond acceptors (Lipinski definition) is 3. The minimum absolute atomic E-state index is 0.224. The van der Waals surface area contributed by atoms with Gasteiger partial charge in [-0.3, -0.25) is 19.3 Å². The molecule has 3 aromatic carbocycles. The minimum Gasteiger partial charge on any atom is -0.310 e. The standard InChI is InChI=1S/C25H20N2O3/c28-23-19-11-5-6-12-20(19)24(29)27(23)22(16-17-8-2-1-3-9-17)25(30)26-15-14-18-10-4-7-13-21(18)26/h1-13,22H,14-16H2/t22-/m1/s1. The number of fused-ring (bicyclic) bond motifs is 2. The SMILES string of the molecule is O=C([C@@H](Cc1ccccc1)N1C(=O)c2ccccc2C1=O)N1CCc2ccccc21. The lowest BCUT2D eigenvalue weighted by Crippen LogP contribution is -2.52. The highest BCUT2D eigenvalue weighted by Crippen LogP contribution is 2.31. The van der Waals surface area contributed by atoms with Gasteiger partial charge in [-0.05, 0) is 35.7 Å². The summed E-state index contributed by atoms with van der Waals surface area (Å²) in [5, 5.41) is 0. The molecule has 3 amide bonds. The van der Waals surface area contributed by atoms with Crippen molar-refractivity contribution >= 4 is 23.4 Å². The fourth-order valence-corrected chi connectivity index (χ4v) is 4.36. The summed E-state index contributed by atoms with van der Waals surface area (Å²) in [5.41, 5.74) is 3.58. The maximum absolute atomic E-state index is 13.7. The highest BCUT2D eigenvalue weighted by molar-refractivity contribution is 6.23. The Morgan fingerprint density at radius 3 is 2.10 bits per heavy atom. The van der Waals surface area contributed by atoms with E-state index in [-0.39, 0.29) is 12.3 Å². The third-order valence-corrected chi connectivity index (χ3v) is 5.85. The first-order valence-electron chi connectivity index (χ1n) is 10.1. The summed E-state index contributed by atoms with van der Waals surface area (Å²) in [5.74, 6) is -1.03. The fraction of sp³-hybridized carbons (Fsp3) is 0.160. The smallest absolute Gasteiger partial charge is 0.262 e. The van der Waals surface area contributed by atoms with Crippen LogP contribution in [0.15, 0.2) is 78.9 Å². The number of imide groups is 1. The van der Waals surface area contributed by atoms with Crippen molar-refractivity contribution in [2.24, 2.45) is 0 Å². The Kier molecular flexibility index (Phi) is 4.43. The monoisotopic (exact) mass is 396 g/mol. The van der Waals surface area contributed by atoms with Crippen LogP contribution in [-0.4, -0.2) is 35.2 Å². The van der Waals surface area contributed by atoms with E-state index in [0.29, 0.717) is 17.7 Å². The van der Waals surface area contributed by atoms with Gasteiger partial charge < -0.3 is 4.90 Å². The lowest BCUT2D eigenvalue weighted by molar-refractivity contribution is -0.122. The van der Waals surface area contributed by atoms with Crippen molar-refractivity contribution in [3.63, 3.8) is 0 Å². The summed E-state index contributed by atoms with van der Waals surface area (Å²) >= 11 is 0. The number of nitrogens with zero attached hydrogens (tertiary/aromatic N) is 2. The number of carbonyl (C=O) groups is 3. The Hall–Kier alpha value is -3.73. The van der Waals surface area contributed by atoms with Crippen molar-refractivity contribution < 1.29 is 14.4 Å². The van der Waals surface area contributed by atoms with Gasteiger partial charge in [0.05, 0.1) is 11.1 Å². The van der Waals surface area contributed by atoms with Gasteiger partial charge in [0.2, 0.25) is 0 Å². The number of para-hydroxylation sites is 1. The predicted octanol–water partition coefficient (Wildman–Crippen LogP) is 3.48. The second-order valence-electron chi connectivity index (χ2n) is 7.60. The molecule has 0 bridgehead atoms. The Balaban J connectivity index is 1.54. The molecule has 30 heavy (non-hydrogen) atoms. The molecule has 0 spiro atoms. The van der Waals surface area contributed by atoms with Crippen LogP contribution in [0.25, 0.3) is 0 Å². The zero-order valence-electron chi connectivity index (χ0n) is 16.3. The molecule has 1 atom stereocenters. The molecule has 5 nitrogen and oxygen atoms in total. The van der Waals surface area contributed by atoms with Crippen molar-refractivity contribution in [3.8, 4) is 0 Å². The van der Waals surface area contributed by atoms with Gasteiger partial charge in [0.25, 0.3) is 17.7 Å². The second-order valence-corrected chi connectivity index (χ2v) is 7.60. The predicted molar refractivity (Wildman–Crippen MR) is 113 cm³/mol. The molecule has 0 aromatic heterocycles. The van der Waals surface area contributed by atoms with Crippen LogP contribution in [0.4, 0.5) is 5.69 Å². The summed E-state index contributed by atoms with van der Waals surface area (Å²) in [6.45, 7) is 0.548. The Morgan fingerprint density at radius 1 is 0.800 bits per heavy atom. The topological polar surface area (TPSA) is 57.7 Å². The molecule has 0 aliphatic carbocycles. The van der Waals surface area contributed by atoms with Crippen LogP contribution in [0.2, 0.25) is 0 Å². The van der Waals surface area contributed by atoms with E-state index in [2.05, 4.69) is 0 Å². The van der Waals surface area contributed by atoms with Crippen LogP contribution < -0.4 is 4.90 Å². The molecule has 0 saturated heterocycles. The highest BCUT2D eigenvalue weighted by Gasteiger charge is 2.44. The molecule has 5 heteroatoms. The molecule has 148 valence electrons. The number of rotatable bonds is 4. The maximum atomic E-state index is 13.7. The molecular weight excluding hydrogens is 376 g/mol. The first kappa shape index (κ1) is 18.3. The summed E-state index contributed by atoms with van der Waals surface area (Å²) in [6.07, 6.45) is 1.05. The zero-order chi connectivity index (χ0) is 20.7. The third kappa shape index (κ3) is 2.90. The van der Waals surface area contributed by atoms with E-state index < -0.39 is 17.9 Å². The average molecular weight is 396 g/mol. The van der Waals surface area contributed by atoms with Gasteiger partial charge in [-0.25, -0.2) is 0 Å². The van der Waals surface area contributed by atoms with Gasteiger partial charge in [-0.15, -0.1) is 0 Å². The molecular formula is C25H20N2O3. The first-order valence-corrected chi connectivity index (χ1v) is 10.1. The maximum Gasteiger partial charge on any atom is 0.262 e. The second kappa shape index (κ2) is 7.26.